The molecule has 0 unspecified atom stereocenters. The molecule has 0 saturated heterocycles. The lowest BCUT2D eigenvalue weighted by Gasteiger charge is -2.03. The number of anilines is 1. The lowest BCUT2D eigenvalue weighted by atomic mass is 10.0. The summed E-state index contributed by atoms with van der Waals surface area (Å²) in [7, 11) is 0. The molecule has 0 saturated carbocycles. The van der Waals surface area contributed by atoms with E-state index in [0.29, 0.717) is 17.7 Å². The highest BCUT2D eigenvalue weighted by molar-refractivity contribution is 7.12. The maximum Gasteiger partial charge on any atom is 0.168 e. The van der Waals surface area contributed by atoms with Gasteiger partial charge in [-0.3, -0.25) is 4.79 Å². The van der Waals surface area contributed by atoms with Crippen LogP contribution in [0.15, 0.2) is 30.3 Å². The van der Waals surface area contributed by atoms with E-state index in [1.165, 1.54) is 4.88 Å². The molecule has 0 radical (unpaired) electrons. The number of rotatable bonds is 4. The maximum atomic E-state index is 12.1. The number of benzene rings is 1. The van der Waals surface area contributed by atoms with Crippen LogP contribution in [0.2, 0.25) is 0 Å². The molecule has 0 bridgehead atoms. The zero-order valence-electron chi connectivity index (χ0n) is 10.7. The molecule has 0 aliphatic rings. The van der Waals surface area contributed by atoms with Crippen LogP contribution in [0.4, 0.5) is 5.69 Å². The van der Waals surface area contributed by atoms with Crippen molar-refractivity contribution in [2.75, 3.05) is 5.73 Å². The molecule has 1 aromatic heterocycles. The highest BCUT2D eigenvalue weighted by atomic mass is 32.1. The summed E-state index contributed by atoms with van der Waals surface area (Å²) in [6.45, 7) is 4.06. The molecule has 1 aromatic carbocycles. The third-order valence-electron chi connectivity index (χ3n) is 3.00. The van der Waals surface area contributed by atoms with Gasteiger partial charge < -0.3 is 5.73 Å². The highest BCUT2D eigenvalue weighted by Gasteiger charge is 2.09. The van der Waals surface area contributed by atoms with Crippen LogP contribution >= 0.6 is 11.3 Å². The fraction of sp³-hybridized carbons (Fsp3) is 0.267. The largest absolute Gasteiger partial charge is 0.398 e. The average molecular weight is 259 g/mol. The molecule has 0 fully saturated rings. The third-order valence-corrected chi connectivity index (χ3v) is 4.23. The Morgan fingerprint density at radius 1 is 1.22 bits per heavy atom. The number of nitrogen functional groups attached to an aromatic ring is 1. The van der Waals surface area contributed by atoms with E-state index in [9.17, 15) is 4.79 Å². The van der Waals surface area contributed by atoms with Gasteiger partial charge in [0.05, 0.1) is 0 Å². The van der Waals surface area contributed by atoms with Gasteiger partial charge in [0.2, 0.25) is 0 Å². The van der Waals surface area contributed by atoms with Crippen molar-refractivity contribution in [3.63, 3.8) is 0 Å². The first-order chi connectivity index (χ1) is 8.60. The van der Waals surface area contributed by atoms with Gasteiger partial charge in [-0.25, -0.2) is 0 Å². The maximum absolute atomic E-state index is 12.1. The van der Waals surface area contributed by atoms with Crippen LogP contribution in [0.1, 0.15) is 32.6 Å². The van der Waals surface area contributed by atoms with E-state index in [1.807, 2.05) is 25.1 Å². The molecular weight excluding hydrogens is 242 g/mol. The molecule has 2 N–H and O–H groups in total. The minimum atomic E-state index is 0.131. The van der Waals surface area contributed by atoms with Crippen molar-refractivity contribution in [2.24, 2.45) is 0 Å². The summed E-state index contributed by atoms with van der Waals surface area (Å²) < 4.78 is 0. The van der Waals surface area contributed by atoms with Crippen molar-refractivity contribution >= 4 is 22.8 Å². The van der Waals surface area contributed by atoms with Crippen LogP contribution in [0.5, 0.6) is 0 Å². The van der Waals surface area contributed by atoms with Crippen LogP contribution in [0.3, 0.4) is 0 Å². The topological polar surface area (TPSA) is 43.1 Å². The highest BCUT2D eigenvalue weighted by Crippen LogP contribution is 2.20. The zero-order valence-corrected chi connectivity index (χ0v) is 11.5. The van der Waals surface area contributed by atoms with Gasteiger partial charge in [-0.1, -0.05) is 19.1 Å². The minimum absolute atomic E-state index is 0.131. The minimum Gasteiger partial charge on any atom is -0.398 e. The summed E-state index contributed by atoms with van der Waals surface area (Å²) >= 11 is 1.71. The Balaban J connectivity index is 2.14. The van der Waals surface area contributed by atoms with E-state index in [-0.39, 0.29) is 5.78 Å². The van der Waals surface area contributed by atoms with Gasteiger partial charge in [0.1, 0.15) is 0 Å². The molecule has 0 aliphatic heterocycles. The SMILES string of the molecule is CCc1ccc(CC(=O)c2ccc(C)c(N)c2)s1. The molecule has 0 aliphatic carbocycles. The number of carbonyl (C=O) groups excluding carboxylic acids is 1. The van der Waals surface area contributed by atoms with Crippen LogP contribution in [-0.2, 0) is 12.8 Å². The molecule has 3 heteroatoms. The molecule has 2 nitrogen and oxygen atoms in total. The van der Waals surface area contributed by atoms with Crippen LogP contribution in [0, 0.1) is 6.92 Å². The van der Waals surface area contributed by atoms with Crippen molar-refractivity contribution < 1.29 is 4.79 Å². The Bertz CT molecular complexity index is 572. The molecule has 2 aromatic rings. The number of Topliss-reactive ketones (excluding diaryl/α,β-unsaturated/α-hetero) is 1. The van der Waals surface area contributed by atoms with E-state index in [4.69, 9.17) is 5.73 Å². The number of aryl methyl sites for hydroxylation is 2. The van der Waals surface area contributed by atoms with Crippen LogP contribution in [-0.4, -0.2) is 5.78 Å². The molecule has 0 atom stereocenters. The fourth-order valence-corrected chi connectivity index (χ4v) is 2.74. The van der Waals surface area contributed by atoms with E-state index >= 15 is 0 Å². The number of carbonyl (C=O) groups is 1. The van der Waals surface area contributed by atoms with Gasteiger partial charge >= 0.3 is 0 Å². The van der Waals surface area contributed by atoms with E-state index in [2.05, 4.69) is 13.0 Å². The first-order valence-corrected chi connectivity index (χ1v) is 6.88. The van der Waals surface area contributed by atoms with Crippen molar-refractivity contribution in [3.8, 4) is 0 Å². The van der Waals surface area contributed by atoms with Crippen molar-refractivity contribution in [1.29, 1.82) is 0 Å². The summed E-state index contributed by atoms with van der Waals surface area (Å²) in [6, 6.07) is 9.65. The van der Waals surface area contributed by atoms with Crippen molar-refractivity contribution in [3.05, 3.63) is 51.2 Å². The lowest BCUT2D eigenvalue weighted by molar-refractivity contribution is 0.0994. The van der Waals surface area contributed by atoms with Crippen LogP contribution < -0.4 is 5.73 Å². The summed E-state index contributed by atoms with van der Waals surface area (Å²) in [5.74, 6) is 0.131. The molecule has 94 valence electrons. The van der Waals surface area contributed by atoms with Gasteiger partial charge in [-0.05, 0) is 37.1 Å². The second-order valence-corrected chi connectivity index (χ2v) is 5.65. The molecule has 0 spiro atoms. The van der Waals surface area contributed by atoms with Crippen molar-refractivity contribution in [2.45, 2.75) is 26.7 Å². The molecular formula is C15H17NOS. The average Bonchev–Trinajstić information content (AvgIpc) is 2.80. The second kappa shape index (κ2) is 5.36. The Hall–Kier alpha value is -1.61. The summed E-state index contributed by atoms with van der Waals surface area (Å²) in [6.07, 6.45) is 1.49. The molecule has 2 rings (SSSR count). The normalized spacial score (nSPS) is 10.6. The lowest BCUT2D eigenvalue weighted by Crippen LogP contribution is -2.03. The first kappa shape index (κ1) is 12.8. The first-order valence-electron chi connectivity index (χ1n) is 6.07. The molecule has 18 heavy (non-hydrogen) atoms. The predicted octanol–water partition coefficient (Wildman–Crippen LogP) is 3.63. The summed E-state index contributed by atoms with van der Waals surface area (Å²) in [4.78, 5) is 14.6. The number of thiophene rings is 1. The number of hydrogen-bond donors (Lipinski definition) is 1. The Morgan fingerprint density at radius 3 is 2.56 bits per heavy atom. The Labute approximate surface area is 111 Å². The van der Waals surface area contributed by atoms with Gasteiger partial charge in [0, 0.05) is 27.4 Å². The Kier molecular flexibility index (Phi) is 3.82. The predicted molar refractivity (Wildman–Crippen MR) is 77.3 cm³/mol. The smallest absolute Gasteiger partial charge is 0.168 e. The van der Waals surface area contributed by atoms with Gasteiger partial charge in [-0.2, -0.15) is 0 Å². The monoisotopic (exact) mass is 259 g/mol. The third kappa shape index (κ3) is 2.79. The van der Waals surface area contributed by atoms with Gasteiger partial charge in [0.15, 0.2) is 5.78 Å². The Morgan fingerprint density at radius 2 is 1.94 bits per heavy atom. The summed E-state index contributed by atoms with van der Waals surface area (Å²) in [5.41, 5.74) is 8.22. The molecule has 1 heterocycles. The van der Waals surface area contributed by atoms with Gasteiger partial charge in [0.25, 0.3) is 0 Å². The van der Waals surface area contributed by atoms with Crippen molar-refractivity contribution in [1.82, 2.24) is 0 Å². The van der Waals surface area contributed by atoms with Gasteiger partial charge in [-0.15, -0.1) is 11.3 Å². The van der Waals surface area contributed by atoms with E-state index in [1.54, 1.807) is 17.4 Å². The quantitative estimate of drug-likeness (QED) is 0.673. The second-order valence-electron chi connectivity index (χ2n) is 4.39. The standard InChI is InChI=1S/C15H17NOS/c1-3-12-6-7-13(18-12)9-15(17)11-5-4-10(2)14(16)8-11/h4-8H,3,9,16H2,1-2H3. The summed E-state index contributed by atoms with van der Waals surface area (Å²) in [5, 5.41) is 0. The fourth-order valence-electron chi connectivity index (χ4n) is 1.78. The zero-order chi connectivity index (χ0) is 13.1. The van der Waals surface area contributed by atoms with E-state index in [0.717, 1.165) is 16.9 Å². The number of nitrogens with two attached hydrogens (primary N) is 1. The van der Waals surface area contributed by atoms with E-state index < -0.39 is 0 Å². The van der Waals surface area contributed by atoms with Crippen LogP contribution in [0.25, 0.3) is 0 Å². The number of ketones is 1. The number of hydrogen-bond acceptors (Lipinski definition) is 3. The molecule has 0 amide bonds.